The summed E-state index contributed by atoms with van der Waals surface area (Å²) in [5, 5.41) is 3.23. The molecule has 19 heavy (non-hydrogen) atoms. The van der Waals surface area contributed by atoms with Gasteiger partial charge in [0, 0.05) is 25.9 Å². The average Bonchev–Trinajstić information content (AvgIpc) is 2.44. The van der Waals surface area contributed by atoms with Crippen molar-refractivity contribution in [1.29, 1.82) is 0 Å². The number of benzene rings is 1. The van der Waals surface area contributed by atoms with E-state index in [1.165, 1.54) is 0 Å². The minimum atomic E-state index is -3.48. The van der Waals surface area contributed by atoms with Gasteiger partial charge in [0.25, 0.3) is 0 Å². The normalized spacial score (nSPS) is 16.5. The van der Waals surface area contributed by atoms with Gasteiger partial charge in [-0.1, -0.05) is 6.07 Å². The highest BCUT2D eigenvalue weighted by Crippen LogP contribution is 2.28. The van der Waals surface area contributed by atoms with Gasteiger partial charge in [-0.3, -0.25) is 0 Å². The van der Waals surface area contributed by atoms with Crippen LogP contribution in [0.15, 0.2) is 23.1 Å². The lowest BCUT2D eigenvalue weighted by atomic mass is 10.0. The number of ether oxygens (including phenoxy) is 1. The summed E-state index contributed by atoms with van der Waals surface area (Å²) in [4.78, 5) is 0.375. The van der Waals surface area contributed by atoms with E-state index in [1.54, 1.807) is 19.2 Å². The van der Waals surface area contributed by atoms with Crippen LogP contribution in [0.4, 0.5) is 5.69 Å². The molecule has 1 aromatic carbocycles. The minimum Gasteiger partial charge on any atom is -0.385 e. The fourth-order valence-corrected chi connectivity index (χ4v) is 3.52. The smallest absolute Gasteiger partial charge is 0.241 e. The van der Waals surface area contributed by atoms with Gasteiger partial charge in [-0.25, -0.2) is 13.1 Å². The van der Waals surface area contributed by atoms with Crippen LogP contribution >= 0.6 is 0 Å². The van der Waals surface area contributed by atoms with Crippen molar-refractivity contribution in [3.05, 3.63) is 23.8 Å². The lowest BCUT2D eigenvalue weighted by Crippen LogP contribution is -2.32. The molecule has 1 unspecified atom stereocenters. The molecule has 0 fully saturated rings. The Bertz CT molecular complexity index is 543. The number of nitrogens with one attached hydrogen (secondary N) is 2. The summed E-state index contributed by atoms with van der Waals surface area (Å²) in [7, 11) is -1.91. The molecule has 1 aliphatic heterocycles. The number of methoxy groups -OCH3 is 1. The van der Waals surface area contributed by atoms with E-state index in [0.29, 0.717) is 4.90 Å². The highest BCUT2D eigenvalue weighted by Gasteiger charge is 2.22. The Balaban J connectivity index is 2.25. The number of anilines is 1. The van der Waals surface area contributed by atoms with Crippen molar-refractivity contribution in [2.45, 2.75) is 30.8 Å². The van der Waals surface area contributed by atoms with Crippen LogP contribution in [-0.2, 0) is 21.2 Å². The fourth-order valence-electron chi connectivity index (χ4n) is 2.12. The molecule has 0 spiro atoms. The predicted octanol–water partition coefficient (Wildman–Crippen LogP) is 1.36. The second-order valence-corrected chi connectivity index (χ2v) is 6.45. The number of hydrogen-bond donors (Lipinski definition) is 2. The number of fused-ring (bicyclic) bond motifs is 1. The molecule has 1 heterocycles. The lowest BCUT2D eigenvalue weighted by Gasteiger charge is -2.21. The van der Waals surface area contributed by atoms with E-state index >= 15 is 0 Å². The standard InChI is InChI=1S/C13H20N2O3S/c1-10(18-2)9-15-19(16,17)13-7-3-6-12-11(13)5-4-8-14-12/h3,6-7,10,14-15H,4-5,8-9H2,1-2H3. The van der Waals surface area contributed by atoms with Crippen LogP contribution in [0.1, 0.15) is 18.9 Å². The molecule has 1 atom stereocenters. The van der Waals surface area contributed by atoms with Gasteiger partial charge in [0.2, 0.25) is 10.0 Å². The first kappa shape index (κ1) is 14.3. The summed E-state index contributed by atoms with van der Waals surface area (Å²) >= 11 is 0. The van der Waals surface area contributed by atoms with Gasteiger partial charge in [0.05, 0.1) is 11.0 Å². The molecule has 1 aromatic rings. The Morgan fingerprint density at radius 1 is 1.47 bits per heavy atom. The molecule has 6 heteroatoms. The SMILES string of the molecule is COC(C)CNS(=O)(=O)c1cccc2c1CCCN2. The molecule has 0 aliphatic carbocycles. The summed E-state index contributed by atoms with van der Waals surface area (Å²) in [5.74, 6) is 0. The van der Waals surface area contributed by atoms with Gasteiger partial charge in [-0.2, -0.15) is 0 Å². The zero-order valence-electron chi connectivity index (χ0n) is 11.3. The third-order valence-electron chi connectivity index (χ3n) is 3.30. The molecule has 0 bridgehead atoms. The number of hydrogen-bond acceptors (Lipinski definition) is 4. The maximum Gasteiger partial charge on any atom is 0.241 e. The Morgan fingerprint density at radius 2 is 2.26 bits per heavy atom. The molecule has 1 aliphatic rings. The molecule has 106 valence electrons. The molecule has 0 saturated heterocycles. The third-order valence-corrected chi connectivity index (χ3v) is 4.81. The van der Waals surface area contributed by atoms with Crippen molar-refractivity contribution in [1.82, 2.24) is 4.72 Å². The average molecular weight is 284 g/mol. The highest BCUT2D eigenvalue weighted by molar-refractivity contribution is 7.89. The van der Waals surface area contributed by atoms with Crippen molar-refractivity contribution in [3.8, 4) is 0 Å². The summed E-state index contributed by atoms with van der Waals surface area (Å²) in [6.07, 6.45) is 1.60. The van der Waals surface area contributed by atoms with Gasteiger partial charge >= 0.3 is 0 Å². The summed E-state index contributed by atoms with van der Waals surface area (Å²) in [5.41, 5.74) is 1.81. The zero-order chi connectivity index (χ0) is 13.9. The van der Waals surface area contributed by atoms with E-state index in [4.69, 9.17) is 4.74 Å². The Labute approximate surface area is 114 Å². The van der Waals surface area contributed by atoms with Crippen LogP contribution in [0.5, 0.6) is 0 Å². The molecular weight excluding hydrogens is 264 g/mol. The van der Waals surface area contributed by atoms with E-state index in [-0.39, 0.29) is 12.6 Å². The first-order valence-corrected chi connectivity index (χ1v) is 7.91. The summed E-state index contributed by atoms with van der Waals surface area (Å²) in [6, 6.07) is 5.35. The van der Waals surface area contributed by atoms with E-state index in [0.717, 1.165) is 30.6 Å². The quantitative estimate of drug-likeness (QED) is 0.856. The van der Waals surface area contributed by atoms with Gasteiger partial charge in [0.15, 0.2) is 0 Å². The van der Waals surface area contributed by atoms with Crippen LogP contribution in [0.3, 0.4) is 0 Å². The monoisotopic (exact) mass is 284 g/mol. The summed E-state index contributed by atoms with van der Waals surface area (Å²) < 4.78 is 32.3. The topological polar surface area (TPSA) is 67.4 Å². The summed E-state index contributed by atoms with van der Waals surface area (Å²) in [6.45, 7) is 2.99. The van der Waals surface area contributed by atoms with Crippen LogP contribution < -0.4 is 10.0 Å². The van der Waals surface area contributed by atoms with Crippen LogP contribution in [-0.4, -0.2) is 34.7 Å². The highest BCUT2D eigenvalue weighted by atomic mass is 32.2. The van der Waals surface area contributed by atoms with E-state index in [9.17, 15) is 8.42 Å². The first-order chi connectivity index (χ1) is 9.04. The first-order valence-electron chi connectivity index (χ1n) is 6.43. The van der Waals surface area contributed by atoms with Gasteiger partial charge in [0.1, 0.15) is 0 Å². The second-order valence-electron chi connectivity index (χ2n) is 4.71. The minimum absolute atomic E-state index is 0.146. The van der Waals surface area contributed by atoms with Crippen LogP contribution in [0.2, 0.25) is 0 Å². The number of sulfonamides is 1. The second kappa shape index (κ2) is 5.90. The maximum atomic E-state index is 12.3. The molecule has 0 radical (unpaired) electrons. The molecule has 5 nitrogen and oxygen atoms in total. The van der Waals surface area contributed by atoms with E-state index < -0.39 is 10.0 Å². The molecule has 0 saturated carbocycles. The van der Waals surface area contributed by atoms with Crippen molar-refractivity contribution in [3.63, 3.8) is 0 Å². The van der Waals surface area contributed by atoms with Crippen molar-refractivity contribution >= 4 is 15.7 Å². The van der Waals surface area contributed by atoms with Crippen molar-refractivity contribution in [2.24, 2.45) is 0 Å². The Kier molecular flexibility index (Phi) is 4.44. The molecule has 2 rings (SSSR count). The van der Waals surface area contributed by atoms with Crippen molar-refractivity contribution in [2.75, 3.05) is 25.5 Å². The third kappa shape index (κ3) is 3.26. The molecule has 2 N–H and O–H groups in total. The fraction of sp³-hybridized carbons (Fsp3) is 0.538. The van der Waals surface area contributed by atoms with E-state index in [1.807, 2.05) is 13.0 Å². The van der Waals surface area contributed by atoms with Crippen LogP contribution in [0, 0.1) is 0 Å². The van der Waals surface area contributed by atoms with Gasteiger partial charge in [-0.05, 0) is 37.5 Å². The van der Waals surface area contributed by atoms with Crippen molar-refractivity contribution < 1.29 is 13.2 Å². The Morgan fingerprint density at radius 3 is 3.00 bits per heavy atom. The molecular formula is C13H20N2O3S. The Hall–Kier alpha value is -1.11. The maximum absolute atomic E-state index is 12.3. The number of rotatable bonds is 5. The largest absolute Gasteiger partial charge is 0.385 e. The lowest BCUT2D eigenvalue weighted by molar-refractivity contribution is 0.122. The van der Waals surface area contributed by atoms with Crippen LogP contribution in [0.25, 0.3) is 0 Å². The van der Waals surface area contributed by atoms with E-state index in [2.05, 4.69) is 10.0 Å². The molecule has 0 aromatic heterocycles. The molecule has 0 amide bonds. The predicted molar refractivity (Wildman–Crippen MR) is 74.9 cm³/mol. The van der Waals surface area contributed by atoms with Gasteiger partial charge in [-0.15, -0.1) is 0 Å². The van der Waals surface area contributed by atoms with Gasteiger partial charge < -0.3 is 10.1 Å². The zero-order valence-corrected chi connectivity index (χ0v) is 12.1.